The molecule has 0 radical (unpaired) electrons. The molecule has 0 aromatic heterocycles. The highest BCUT2D eigenvalue weighted by atomic mass is 16.4. The number of carboxylic acids is 1. The predicted molar refractivity (Wildman–Crippen MR) is 85.0 cm³/mol. The molecule has 0 aromatic carbocycles. The van der Waals surface area contributed by atoms with Crippen molar-refractivity contribution in [1.29, 1.82) is 0 Å². The first-order valence-electron chi connectivity index (χ1n) is 8.12. The van der Waals surface area contributed by atoms with Gasteiger partial charge in [0.15, 0.2) is 0 Å². The molecule has 3 heteroatoms. The van der Waals surface area contributed by atoms with Crippen molar-refractivity contribution in [3.63, 3.8) is 0 Å². The van der Waals surface area contributed by atoms with Crippen LogP contribution in [0.4, 0.5) is 0 Å². The van der Waals surface area contributed by atoms with Gasteiger partial charge in [-0.15, -0.1) is 0 Å². The molecule has 120 valence electrons. The van der Waals surface area contributed by atoms with Gasteiger partial charge in [-0.25, -0.2) is 0 Å². The lowest BCUT2D eigenvalue weighted by molar-refractivity contribution is -0.138. The molecule has 0 amide bonds. The molecule has 0 aliphatic heterocycles. The monoisotopic (exact) mass is 294 g/mol. The van der Waals surface area contributed by atoms with E-state index >= 15 is 0 Å². The molecule has 4 unspecified atom stereocenters. The third-order valence-corrected chi connectivity index (χ3v) is 5.40. The van der Waals surface area contributed by atoms with E-state index in [0.717, 1.165) is 6.42 Å². The molecule has 1 fully saturated rings. The Morgan fingerprint density at radius 1 is 1.33 bits per heavy atom. The van der Waals surface area contributed by atoms with E-state index in [-0.39, 0.29) is 18.1 Å². The summed E-state index contributed by atoms with van der Waals surface area (Å²) >= 11 is 0. The number of carboxylic acid groups (broad SMARTS) is 1. The molecule has 1 aliphatic rings. The van der Waals surface area contributed by atoms with Crippen LogP contribution in [-0.2, 0) is 9.59 Å². The smallest absolute Gasteiger partial charge is 0.303 e. The van der Waals surface area contributed by atoms with Crippen LogP contribution in [0.1, 0.15) is 60.3 Å². The summed E-state index contributed by atoms with van der Waals surface area (Å²) in [5.41, 5.74) is -0.469. The summed E-state index contributed by atoms with van der Waals surface area (Å²) in [5, 5.41) is 8.91. The number of hydrogen-bond acceptors (Lipinski definition) is 2. The molecule has 0 heterocycles. The van der Waals surface area contributed by atoms with Gasteiger partial charge in [0.2, 0.25) is 0 Å². The quantitative estimate of drug-likeness (QED) is 0.711. The number of carbonyl (C=O) groups is 2. The number of aliphatic carboxylic acids is 1. The Labute approximate surface area is 128 Å². The zero-order valence-corrected chi connectivity index (χ0v) is 14.1. The first-order chi connectivity index (χ1) is 9.68. The number of allylic oxidation sites excluding steroid dienone is 2. The summed E-state index contributed by atoms with van der Waals surface area (Å²) < 4.78 is 0. The maximum Gasteiger partial charge on any atom is 0.303 e. The van der Waals surface area contributed by atoms with Crippen molar-refractivity contribution in [2.45, 2.75) is 60.3 Å². The fourth-order valence-corrected chi connectivity index (χ4v) is 3.34. The van der Waals surface area contributed by atoms with Gasteiger partial charge in [-0.05, 0) is 36.5 Å². The molecule has 21 heavy (non-hydrogen) atoms. The van der Waals surface area contributed by atoms with E-state index < -0.39 is 11.4 Å². The molecule has 0 bridgehead atoms. The van der Waals surface area contributed by atoms with Crippen molar-refractivity contribution in [2.75, 3.05) is 0 Å². The lowest BCUT2D eigenvalue weighted by atomic mass is 9.70. The van der Waals surface area contributed by atoms with Gasteiger partial charge in [0.1, 0.15) is 5.78 Å². The number of Topliss-reactive ketones (excluding diaryl/α,β-unsaturated/α-hetero) is 1. The Morgan fingerprint density at radius 2 is 1.95 bits per heavy atom. The van der Waals surface area contributed by atoms with E-state index in [2.05, 4.69) is 39.8 Å². The normalized spacial score (nSPS) is 29.2. The highest BCUT2D eigenvalue weighted by Crippen LogP contribution is 2.47. The SMILES string of the molecule is CC(C)C(C)C=CC(C)C1CCC(=O)C1(C)CCC(=O)O. The van der Waals surface area contributed by atoms with Crippen LogP contribution in [0.25, 0.3) is 0 Å². The van der Waals surface area contributed by atoms with Crippen molar-refractivity contribution in [3.8, 4) is 0 Å². The predicted octanol–water partition coefficient (Wildman–Crippen LogP) is 4.32. The van der Waals surface area contributed by atoms with Crippen molar-refractivity contribution in [3.05, 3.63) is 12.2 Å². The Morgan fingerprint density at radius 3 is 2.48 bits per heavy atom. The molecule has 1 saturated carbocycles. The fourth-order valence-electron chi connectivity index (χ4n) is 3.34. The lowest BCUT2D eigenvalue weighted by Crippen LogP contribution is -2.33. The molecule has 1 rings (SSSR count). The first-order valence-corrected chi connectivity index (χ1v) is 8.12. The number of carbonyl (C=O) groups excluding carboxylic acids is 1. The van der Waals surface area contributed by atoms with Gasteiger partial charge >= 0.3 is 5.97 Å². The molecule has 1 aliphatic carbocycles. The zero-order valence-electron chi connectivity index (χ0n) is 14.1. The highest BCUT2D eigenvalue weighted by molar-refractivity contribution is 5.87. The van der Waals surface area contributed by atoms with Crippen molar-refractivity contribution in [2.24, 2.45) is 29.1 Å². The summed E-state index contributed by atoms with van der Waals surface area (Å²) in [6.45, 7) is 10.7. The minimum Gasteiger partial charge on any atom is -0.481 e. The second-order valence-electron chi connectivity index (χ2n) is 7.23. The van der Waals surface area contributed by atoms with Crippen LogP contribution in [0.2, 0.25) is 0 Å². The third kappa shape index (κ3) is 4.42. The van der Waals surface area contributed by atoms with Crippen LogP contribution >= 0.6 is 0 Å². The maximum atomic E-state index is 12.3. The van der Waals surface area contributed by atoms with Crippen LogP contribution in [0.3, 0.4) is 0 Å². The van der Waals surface area contributed by atoms with Crippen LogP contribution in [0.5, 0.6) is 0 Å². The number of ketones is 1. The Kier molecular flexibility index (Phi) is 6.18. The average molecular weight is 294 g/mol. The molecule has 3 nitrogen and oxygen atoms in total. The van der Waals surface area contributed by atoms with E-state index in [1.807, 2.05) is 6.92 Å². The zero-order chi connectivity index (χ0) is 16.2. The molecule has 1 N–H and O–H groups in total. The maximum absolute atomic E-state index is 12.3. The van der Waals surface area contributed by atoms with E-state index in [9.17, 15) is 9.59 Å². The molecule has 0 spiro atoms. The Balaban J connectivity index is 2.79. The van der Waals surface area contributed by atoms with Gasteiger partial charge in [-0.3, -0.25) is 9.59 Å². The van der Waals surface area contributed by atoms with Gasteiger partial charge in [-0.2, -0.15) is 0 Å². The molecular weight excluding hydrogens is 264 g/mol. The van der Waals surface area contributed by atoms with E-state index in [1.54, 1.807) is 0 Å². The van der Waals surface area contributed by atoms with Gasteiger partial charge in [0.25, 0.3) is 0 Å². The van der Waals surface area contributed by atoms with E-state index in [0.29, 0.717) is 30.6 Å². The van der Waals surface area contributed by atoms with Crippen molar-refractivity contribution >= 4 is 11.8 Å². The summed E-state index contributed by atoms with van der Waals surface area (Å²) in [7, 11) is 0. The van der Waals surface area contributed by atoms with Crippen LogP contribution < -0.4 is 0 Å². The van der Waals surface area contributed by atoms with Gasteiger partial charge in [-0.1, -0.05) is 46.8 Å². The minimum atomic E-state index is -0.814. The van der Waals surface area contributed by atoms with Gasteiger partial charge in [0.05, 0.1) is 0 Å². The second kappa shape index (κ2) is 7.24. The number of hydrogen-bond donors (Lipinski definition) is 1. The van der Waals surface area contributed by atoms with E-state index in [1.165, 1.54) is 0 Å². The summed E-state index contributed by atoms with van der Waals surface area (Å²) in [5.74, 6) is 1.14. The summed E-state index contributed by atoms with van der Waals surface area (Å²) in [6, 6.07) is 0. The van der Waals surface area contributed by atoms with Crippen molar-refractivity contribution in [1.82, 2.24) is 0 Å². The summed E-state index contributed by atoms with van der Waals surface area (Å²) in [6.07, 6.45) is 6.50. The van der Waals surface area contributed by atoms with Gasteiger partial charge < -0.3 is 5.11 Å². The average Bonchev–Trinajstić information content (AvgIpc) is 2.70. The molecule has 0 saturated heterocycles. The number of rotatable bonds is 7. The second-order valence-corrected chi connectivity index (χ2v) is 7.23. The summed E-state index contributed by atoms with van der Waals surface area (Å²) in [4.78, 5) is 23.1. The molecule has 4 atom stereocenters. The van der Waals surface area contributed by atoms with Crippen molar-refractivity contribution < 1.29 is 14.7 Å². The fraction of sp³-hybridized carbons (Fsp3) is 0.778. The first kappa shape index (κ1) is 17.9. The highest BCUT2D eigenvalue weighted by Gasteiger charge is 2.47. The third-order valence-electron chi connectivity index (χ3n) is 5.40. The van der Waals surface area contributed by atoms with Gasteiger partial charge in [0, 0.05) is 18.3 Å². The van der Waals surface area contributed by atoms with E-state index in [4.69, 9.17) is 5.11 Å². The van der Waals surface area contributed by atoms with Crippen LogP contribution in [0, 0.1) is 29.1 Å². The Hall–Kier alpha value is -1.12. The standard InChI is InChI=1S/C18H30O3/c1-12(2)13(3)6-7-14(4)15-8-9-16(19)18(15,5)11-10-17(20)21/h6-7,12-15H,8-11H2,1-5H3,(H,20,21). The lowest BCUT2D eigenvalue weighted by Gasteiger charge is -2.33. The molecule has 0 aromatic rings. The van der Waals surface area contributed by atoms with Crippen LogP contribution in [0.15, 0.2) is 12.2 Å². The largest absolute Gasteiger partial charge is 0.481 e. The topological polar surface area (TPSA) is 54.4 Å². The Bertz CT molecular complexity index is 411. The molecular formula is C18H30O3. The minimum absolute atomic E-state index is 0.0809. The van der Waals surface area contributed by atoms with Crippen LogP contribution in [-0.4, -0.2) is 16.9 Å².